The molecule has 2 unspecified atom stereocenters. The number of nitrogens with zero attached hydrogens (tertiary/aromatic N) is 3. The Morgan fingerprint density at radius 3 is 3.17 bits per heavy atom. The Hall–Kier alpha value is -2.15. The molecule has 0 aromatic carbocycles. The summed E-state index contributed by atoms with van der Waals surface area (Å²) in [5, 5.41) is 13.4. The molecule has 124 valence electrons. The van der Waals surface area contributed by atoms with E-state index in [2.05, 4.69) is 10.1 Å². The fourth-order valence-corrected chi connectivity index (χ4v) is 3.03. The molecule has 0 radical (unpaired) electrons. The zero-order chi connectivity index (χ0) is 16.2. The summed E-state index contributed by atoms with van der Waals surface area (Å²) in [5.41, 5.74) is 0.753. The smallest absolute Gasteiger partial charge is 0.227 e. The van der Waals surface area contributed by atoms with Crippen LogP contribution in [0.25, 0.3) is 11.4 Å². The van der Waals surface area contributed by atoms with E-state index in [9.17, 15) is 9.90 Å². The Labute approximate surface area is 134 Å². The molecule has 7 heteroatoms. The summed E-state index contributed by atoms with van der Waals surface area (Å²) < 4.78 is 10.2. The third-order valence-corrected chi connectivity index (χ3v) is 4.11. The van der Waals surface area contributed by atoms with E-state index in [1.165, 1.54) is 0 Å². The maximum absolute atomic E-state index is 12.4. The number of hydrogen-bond acceptors (Lipinski definition) is 6. The van der Waals surface area contributed by atoms with Gasteiger partial charge in [-0.25, -0.2) is 0 Å². The minimum Gasteiger partial charge on any atom is -0.472 e. The molecule has 0 bridgehead atoms. The summed E-state index contributed by atoms with van der Waals surface area (Å²) in [4.78, 5) is 18.5. The van der Waals surface area contributed by atoms with Crippen LogP contribution in [0.2, 0.25) is 0 Å². The largest absolute Gasteiger partial charge is 0.472 e. The number of hydrogen-bond donors (Lipinski definition) is 1. The van der Waals surface area contributed by atoms with E-state index < -0.39 is 0 Å². The summed E-state index contributed by atoms with van der Waals surface area (Å²) in [7, 11) is 0. The van der Waals surface area contributed by atoms with E-state index in [0.29, 0.717) is 31.0 Å². The number of likely N-dealkylation sites (tertiary alicyclic amines) is 1. The second-order valence-electron chi connectivity index (χ2n) is 5.99. The molecule has 0 spiro atoms. The SMILES string of the molecule is CC(O)CC1CCCN1C(=O)CCc1nc(-c2ccoc2)no1. The predicted molar refractivity (Wildman–Crippen MR) is 81.4 cm³/mol. The van der Waals surface area contributed by atoms with Gasteiger partial charge in [-0.1, -0.05) is 5.16 Å². The van der Waals surface area contributed by atoms with Crippen molar-refractivity contribution in [3.63, 3.8) is 0 Å². The number of aromatic nitrogens is 2. The van der Waals surface area contributed by atoms with Gasteiger partial charge in [-0.15, -0.1) is 0 Å². The average molecular weight is 319 g/mol. The second kappa shape index (κ2) is 6.95. The molecule has 1 fully saturated rings. The third-order valence-electron chi connectivity index (χ3n) is 4.11. The van der Waals surface area contributed by atoms with Gasteiger partial charge in [0.25, 0.3) is 0 Å². The molecule has 0 saturated carbocycles. The number of aryl methyl sites for hydroxylation is 1. The maximum Gasteiger partial charge on any atom is 0.227 e. The number of rotatable bonds is 6. The van der Waals surface area contributed by atoms with Crippen LogP contribution in [-0.4, -0.2) is 44.7 Å². The monoisotopic (exact) mass is 319 g/mol. The molecular weight excluding hydrogens is 298 g/mol. The van der Waals surface area contributed by atoms with E-state index in [0.717, 1.165) is 24.9 Å². The van der Waals surface area contributed by atoms with E-state index in [1.807, 2.05) is 4.90 Å². The maximum atomic E-state index is 12.4. The highest BCUT2D eigenvalue weighted by Crippen LogP contribution is 2.23. The summed E-state index contributed by atoms with van der Waals surface area (Å²) in [5.74, 6) is 0.992. The molecule has 2 atom stereocenters. The van der Waals surface area contributed by atoms with Crippen molar-refractivity contribution in [2.45, 2.75) is 51.2 Å². The Bertz CT molecular complexity index is 636. The Kier molecular flexibility index (Phi) is 4.76. The molecule has 7 nitrogen and oxygen atoms in total. The molecule has 2 aromatic heterocycles. The van der Waals surface area contributed by atoms with Gasteiger partial charge < -0.3 is 18.9 Å². The van der Waals surface area contributed by atoms with Crippen LogP contribution in [0.5, 0.6) is 0 Å². The lowest BCUT2D eigenvalue weighted by molar-refractivity contribution is -0.132. The minimum absolute atomic E-state index is 0.0798. The van der Waals surface area contributed by atoms with Gasteiger partial charge in [0, 0.05) is 25.4 Å². The normalized spacial score (nSPS) is 19.2. The molecule has 1 aliphatic heterocycles. The van der Waals surface area contributed by atoms with Gasteiger partial charge in [-0.05, 0) is 32.3 Å². The highest BCUT2D eigenvalue weighted by molar-refractivity contribution is 5.77. The summed E-state index contributed by atoms with van der Waals surface area (Å²) in [6.45, 7) is 2.52. The van der Waals surface area contributed by atoms with Crippen LogP contribution in [0, 0.1) is 0 Å². The van der Waals surface area contributed by atoms with Gasteiger partial charge in [0.05, 0.1) is 17.9 Å². The number of aliphatic hydroxyl groups excluding tert-OH is 1. The highest BCUT2D eigenvalue weighted by atomic mass is 16.5. The van der Waals surface area contributed by atoms with Crippen LogP contribution in [0.1, 0.15) is 38.5 Å². The third kappa shape index (κ3) is 3.79. The van der Waals surface area contributed by atoms with Gasteiger partial charge >= 0.3 is 0 Å². The topological polar surface area (TPSA) is 92.6 Å². The summed E-state index contributed by atoms with van der Waals surface area (Å²) in [6.07, 6.45) is 6.05. The van der Waals surface area contributed by atoms with E-state index in [-0.39, 0.29) is 18.1 Å². The standard InChI is InChI=1S/C16H21N3O4/c1-11(20)9-13-3-2-7-19(13)15(21)5-4-14-17-16(18-23-14)12-6-8-22-10-12/h6,8,10-11,13,20H,2-5,7,9H2,1H3. The number of aliphatic hydroxyl groups is 1. The van der Waals surface area contributed by atoms with Crippen molar-refractivity contribution in [2.75, 3.05) is 6.54 Å². The molecule has 2 aromatic rings. The average Bonchev–Trinajstić information content (AvgIpc) is 3.24. The molecule has 1 aliphatic rings. The zero-order valence-corrected chi connectivity index (χ0v) is 13.1. The molecule has 23 heavy (non-hydrogen) atoms. The second-order valence-corrected chi connectivity index (χ2v) is 5.99. The Morgan fingerprint density at radius 1 is 1.57 bits per heavy atom. The van der Waals surface area contributed by atoms with E-state index in [1.54, 1.807) is 25.5 Å². The fourth-order valence-electron chi connectivity index (χ4n) is 3.03. The van der Waals surface area contributed by atoms with Crippen LogP contribution in [0.4, 0.5) is 0 Å². The first kappa shape index (κ1) is 15.7. The molecular formula is C16H21N3O4. The number of furan rings is 1. The van der Waals surface area contributed by atoms with Crippen molar-refractivity contribution in [1.82, 2.24) is 15.0 Å². The van der Waals surface area contributed by atoms with Gasteiger partial charge in [-0.2, -0.15) is 4.98 Å². The van der Waals surface area contributed by atoms with Gasteiger partial charge in [0.1, 0.15) is 6.26 Å². The van der Waals surface area contributed by atoms with Crippen molar-refractivity contribution in [2.24, 2.45) is 0 Å². The number of carbonyl (C=O) groups is 1. The molecule has 0 aliphatic carbocycles. The van der Waals surface area contributed by atoms with Gasteiger partial charge in [-0.3, -0.25) is 4.79 Å². The quantitative estimate of drug-likeness (QED) is 0.875. The zero-order valence-electron chi connectivity index (χ0n) is 13.1. The van der Waals surface area contributed by atoms with Crippen LogP contribution in [0.15, 0.2) is 27.5 Å². The lowest BCUT2D eigenvalue weighted by Crippen LogP contribution is -2.37. The summed E-state index contributed by atoms with van der Waals surface area (Å²) in [6, 6.07) is 1.90. The molecule has 1 N–H and O–H groups in total. The van der Waals surface area contributed by atoms with Crippen LogP contribution in [-0.2, 0) is 11.2 Å². The van der Waals surface area contributed by atoms with Crippen molar-refractivity contribution in [3.8, 4) is 11.4 Å². The Morgan fingerprint density at radius 2 is 2.43 bits per heavy atom. The molecule has 3 heterocycles. The van der Waals surface area contributed by atoms with E-state index >= 15 is 0 Å². The predicted octanol–water partition coefficient (Wildman–Crippen LogP) is 2.02. The first-order chi connectivity index (χ1) is 11.1. The first-order valence-electron chi connectivity index (χ1n) is 7.96. The van der Waals surface area contributed by atoms with Crippen molar-refractivity contribution >= 4 is 5.91 Å². The number of carbonyl (C=O) groups excluding carboxylic acids is 1. The molecule has 1 saturated heterocycles. The van der Waals surface area contributed by atoms with Crippen molar-refractivity contribution in [3.05, 3.63) is 24.5 Å². The van der Waals surface area contributed by atoms with Crippen molar-refractivity contribution in [1.29, 1.82) is 0 Å². The number of amides is 1. The minimum atomic E-state index is -0.387. The molecule has 1 amide bonds. The lowest BCUT2D eigenvalue weighted by atomic mass is 10.1. The van der Waals surface area contributed by atoms with E-state index in [4.69, 9.17) is 8.94 Å². The van der Waals surface area contributed by atoms with Gasteiger partial charge in [0.2, 0.25) is 17.6 Å². The van der Waals surface area contributed by atoms with Crippen molar-refractivity contribution < 1.29 is 18.8 Å². The van der Waals surface area contributed by atoms with Gasteiger partial charge in [0.15, 0.2) is 0 Å². The highest BCUT2D eigenvalue weighted by Gasteiger charge is 2.29. The lowest BCUT2D eigenvalue weighted by Gasteiger charge is -2.25. The summed E-state index contributed by atoms with van der Waals surface area (Å²) >= 11 is 0. The van der Waals surface area contributed by atoms with Crippen LogP contribution < -0.4 is 0 Å². The first-order valence-corrected chi connectivity index (χ1v) is 7.96. The Balaban J connectivity index is 1.54. The van der Waals surface area contributed by atoms with Crippen LogP contribution in [0.3, 0.4) is 0 Å². The fraction of sp³-hybridized carbons (Fsp3) is 0.562. The molecule has 3 rings (SSSR count). The van der Waals surface area contributed by atoms with Crippen LogP contribution >= 0.6 is 0 Å².